The van der Waals surface area contributed by atoms with E-state index in [9.17, 15) is 20.1 Å². The first-order valence-electron chi connectivity index (χ1n) is 11.2. The van der Waals surface area contributed by atoms with Crippen molar-refractivity contribution in [1.82, 2.24) is 19.5 Å². The Morgan fingerprint density at radius 2 is 1.69 bits per heavy atom. The molecule has 12 nitrogen and oxygen atoms in total. The van der Waals surface area contributed by atoms with Crippen molar-refractivity contribution in [3.63, 3.8) is 0 Å². The number of benzene rings is 2. The number of para-hydroxylation sites is 2. The average Bonchev–Trinajstić information content (AvgIpc) is 3.45. The third-order valence-corrected chi connectivity index (χ3v) is 5.80. The van der Waals surface area contributed by atoms with E-state index in [2.05, 4.69) is 20.3 Å². The molecule has 2 aromatic heterocycles. The Kier molecular flexibility index (Phi) is 6.48. The predicted octanol–water partition coefficient (Wildman–Crippen LogP) is 1.82. The summed E-state index contributed by atoms with van der Waals surface area (Å²) < 4.78 is 12.7. The van der Waals surface area contributed by atoms with Gasteiger partial charge in [-0.15, -0.1) is 0 Å². The zero-order chi connectivity index (χ0) is 25.2. The van der Waals surface area contributed by atoms with E-state index in [0.717, 1.165) is 0 Å². The van der Waals surface area contributed by atoms with Gasteiger partial charge in [0, 0.05) is 7.05 Å². The van der Waals surface area contributed by atoms with Gasteiger partial charge in [-0.05, 0) is 24.3 Å². The summed E-state index contributed by atoms with van der Waals surface area (Å²) in [6.45, 7) is -0.476. The molecule has 4 N–H and O–H groups in total. The lowest BCUT2D eigenvalue weighted by molar-refractivity contribution is -0.0511. The maximum atomic E-state index is 13.5. The highest BCUT2D eigenvalue weighted by atomic mass is 16.6. The SMILES string of the molecule is CNc1nc(OC(=O)N(c2ccccc2)c2ccccc2)c2ncn([C@@H]3O[C@H](CO)[C@H](O)C3O)c2n1. The van der Waals surface area contributed by atoms with Crippen molar-refractivity contribution in [3.05, 3.63) is 67.0 Å². The van der Waals surface area contributed by atoms with Crippen LogP contribution in [0.25, 0.3) is 11.2 Å². The second-order valence-electron chi connectivity index (χ2n) is 8.03. The molecule has 1 fully saturated rings. The molecular formula is C24H24N6O6. The van der Waals surface area contributed by atoms with Gasteiger partial charge in [0.15, 0.2) is 17.4 Å². The number of rotatable bonds is 6. The Morgan fingerprint density at radius 3 is 2.25 bits per heavy atom. The van der Waals surface area contributed by atoms with Gasteiger partial charge in [-0.1, -0.05) is 36.4 Å². The van der Waals surface area contributed by atoms with Crippen LogP contribution in [0.1, 0.15) is 6.23 Å². The number of aromatic nitrogens is 4. The van der Waals surface area contributed by atoms with E-state index in [1.807, 2.05) is 36.4 Å². The summed E-state index contributed by atoms with van der Waals surface area (Å²) >= 11 is 0. The molecule has 0 aliphatic carbocycles. The third kappa shape index (κ3) is 4.22. The van der Waals surface area contributed by atoms with Crippen molar-refractivity contribution in [2.75, 3.05) is 23.9 Å². The van der Waals surface area contributed by atoms with Crippen LogP contribution < -0.4 is 15.0 Å². The smallest absolute Gasteiger partial charge is 0.394 e. The molecule has 36 heavy (non-hydrogen) atoms. The molecule has 1 aliphatic heterocycles. The fourth-order valence-corrected chi connectivity index (χ4v) is 4.01. The number of nitrogens with zero attached hydrogens (tertiary/aromatic N) is 5. The Morgan fingerprint density at radius 1 is 1.06 bits per heavy atom. The summed E-state index contributed by atoms with van der Waals surface area (Å²) in [5.74, 6) is 0.0153. The van der Waals surface area contributed by atoms with Gasteiger partial charge in [-0.25, -0.2) is 14.7 Å². The van der Waals surface area contributed by atoms with E-state index in [1.54, 1.807) is 31.3 Å². The van der Waals surface area contributed by atoms with E-state index in [1.165, 1.54) is 15.8 Å². The molecule has 4 aromatic rings. The van der Waals surface area contributed by atoms with Gasteiger partial charge in [-0.2, -0.15) is 9.97 Å². The zero-order valence-corrected chi connectivity index (χ0v) is 19.2. The molecule has 1 unspecified atom stereocenters. The molecule has 186 valence electrons. The van der Waals surface area contributed by atoms with Crippen LogP contribution in [0.4, 0.5) is 22.1 Å². The first-order chi connectivity index (χ1) is 17.5. The van der Waals surface area contributed by atoms with Crippen LogP contribution in [0, 0.1) is 0 Å². The molecule has 5 rings (SSSR count). The number of aliphatic hydroxyl groups is 3. The number of amides is 1. The number of fused-ring (bicyclic) bond motifs is 1. The number of anilines is 3. The van der Waals surface area contributed by atoms with Crippen molar-refractivity contribution in [2.24, 2.45) is 0 Å². The van der Waals surface area contributed by atoms with Gasteiger partial charge in [0.1, 0.15) is 18.3 Å². The van der Waals surface area contributed by atoms with Crippen molar-refractivity contribution in [2.45, 2.75) is 24.5 Å². The van der Waals surface area contributed by atoms with Gasteiger partial charge in [-0.3, -0.25) is 4.57 Å². The highest BCUT2D eigenvalue weighted by Gasteiger charge is 2.44. The quantitative estimate of drug-likeness (QED) is 0.313. The van der Waals surface area contributed by atoms with E-state index >= 15 is 0 Å². The molecule has 0 radical (unpaired) electrons. The minimum atomic E-state index is -1.34. The average molecular weight is 492 g/mol. The Hall–Kier alpha value is -4.10. The summed E-state index contributed by atoms with van der Waals surface area (Å²) in [4.78, 5) is 27.8. The topological polar surface area (TPSA) is 155 Å². The Labute approximate surface area is 205 Å². The van der Waals surface area contributed by atoms with Crippen LogP contribution in [-0.4, -0.2) is 72.9 Å². The fraction of sp³-hybridized carbons (Fsp3) is 0.250. The highest BCUT2D eigenvalue weighted by Crippen LogP contribution is 2.34. The molecule has 0 spiro atoms. The molecule has 0 saturated carbocycles. The molecule has 4 atom stereocenters. The van der Waals surface area contributed by atoms with E-state index in [-0.39, 0.29) is 23.0 Å². The van der Waals surface area contributed by atoms with Crippen LogP contribution in [0.5, 0.6) is 5.88 Å². The molecule has 3 heterocycles. The summed E-state index contributed by atoms with van der Waals surface area (Å²) in [5, 5.41) is 32.9. The number of nitrogens with one attached hydrogen (secondary N) is 1. The Bertz CT molecular complexity index is 1310. The van der Waals surface area contributed by atoms with Crippen molar-refractivity contribution < 1.29 is 29.6 Å². The maximum absolute atomic E-state index is 13.5. The molecule has 1 saturated heterocycles. The minimum Gasteiger partial charge on any atom is -0.394 e. The Balaban J connectivity index is 1.53. The normalized spacial score (nSPS) is 21.4. The van der Waals surface area contributed by atoms with Gasteiger partial charge in [0.2, 0.25) is 5.95 Å². The van der Waals surface area contributed by atoms with Crippen molar-refractivity contribution in [1.29, 1.82) is 0 Å². The van der Waals surface area contributed by atoms with Gasteiger partial charge < -0.3 is 30.1 Å². The van der Waals surface area contributed by atoms with Crippen LogP contribution >= 0.6 is 0 Å². The van der Waals surface area contributed by atoms with Crippen molar-refractivity contribution in [3.8, 4) is 5.88 Å². The minimum absolute atomic E-state index is 0.114. The zero-order valence-electron chi connectivity index (χ0n) is 19.2. The predicted molar refractivity (Wildman–Crippen MR) is 129 cm³/mol. The second kappa shape index (κ2) is 9.87. The number of carbonyl (C=O) groups is 1. The molecule has 1 amide bonds. The maximum Gasteiger partial charge on any atom is 0.425 e. The number of imidazole rings is 1. The second-order valence-corrected chi connectivity index (χ2v) is 8.03. The van der Waals surface area contributed by atoms with Gasteiger partial charge in [0.25, 0.3) is 5.88 Å². The fourth-order valence-electron chi connectivity index (χ4n) is 4.01. The molecular weight excluding hydrogens is 468 g/mol. The van der Waals surface area contributed by atoms with Crippen molar-refractivity contribution >= 4 is 34.6 Å². The number of ether oxygens (including phenoxy) is 2. The van der Waals surface area contributed by atoms with E-state index in [4.69, 9.17) is 9.47 Å². The lowest BCUT2D eigenvalue weighted by atomic mass is 10.1. The third-order valence-electron chi connectivity index (χ3n) is 5.80. The summed E-state index contributed by atoms with van der Waals surface area (Å²) in [6.07, 6.45) is -4.08. The van der Waals surface area contributed by atoms with Crippen LogP contribution in [-0.2, 0) is 4.74 Å². The van der Waals surface area contributed by atoms with E-state index in [0.29, 0.717) is 11.4 Å². The number of carbonyl (C=O) groups excluding carboxylic acids is 1. The first kappa shape index (κ1) is 23.6. The molecule has 12 heteroatoms. The van der Waals surface area contributed by atoms with Gasteiger partial charge in [0.05, 0.1) is 24.3 Å². The van der Waals surface area contributed by atoms with Crippen LogP contribution in [0.2, 0.25) is 0 Å². The number of hydrogen-bond donors (Lipinski definition) is 4. The lowest BCUT2D eigenvalue weighted by Crippen LogP contribution is -2.33. The van der Waals surface area contributed by atoms with Gasteiger partial charge >= 0.3 is 6.09 Å². The monoisotopic (exact) mass is 492 g/mol. The first-order valence-corrected chi connectivity index (χ1v) is 11.2. The summed E-state index contributed by atoms with van der Waals surface area (Å²) in [6, 6.07) is 18.0. The number of hydrogen-bond acceptors (Lipinski definition) is 10. The van der Waals surface area contributed by atoms with Crippen LogP contribution in [0.3, 0.4) is 0 Å². The molecule has 1 aliphatic rings. The van der Waals surface area contributed by atoms with E-state index < -0.39 is 37.2 Å². The summed E-state index contributed by atoms with van der Waals surface area (Å²) in [5.41, 5.74) is 1.51. The molecule has 2 aromatic carbocycles. The van der Waals surface area contributed by atoms with Crippen LogP contribution in [0.15, 0.2) is 67.0 Å². The number of aliphatic hydroxyl groups excluding tert-OH is 3. The highest BCUT2D eigenvalue weighted by molar-refractivity contribution is 5.98. The largest absolute Gasteiger partial charge is 0.425 e. The summed E-state index contributed by atoms with van der Waals surface area (Å²) in [7, 11) is 1.60. The lowest BCUT2D eigenvalue weighted by Gasteiger charge is -2.22. The standard InChI is InChI=1S/C24H24N6O6/c1-25-23-27-20-17(26-13-29(20)22-19(33)18(32)16(12-31)35-22)21(28-23)36-24(34)30(14-8-4-2-5-9-14)15-10-6-3-7-11-15/h2-11,13,16,18-19,22,31-33H,12H2,1H3,(H,25,27,28)/t16-,18+,19?,22-/m1/s1. The molecule has 0 bridgehead atoms.